The summed E-state index contributed by atoms with van der Waals surface area (Å²) < 4.78 is 39.1. The van der Waals surface area contributed by atoms with Gasteiger partial charge < -0.3 is 5.32 Å². The van der Waals surface area contributed by atoms with Crippen LogP contribution in [0.5, 0.6) is 0 Å². The van der Waals surface area contributed by atoms with Crippen molar-refractivity contribution in [2.75, 3.05) is 13.1 Å². The number of sulfonamides is 1. The predicted octanol–water partition coefficient (Wildman–Crippen LogP) is 1.03. The lowest BCUT2D eigenvalue weighted by atomic mass is 10.2. The largest absolute Gasteiger partial charge is 0.315 e. The minimum atomic E-state index is -3.39. The molecule has 18 heavy (non-hydrogen) atoms. The zero-order chi connectivity index (χ0) is 12.3. The highest BCUT2D eigenvalue weighted by atomic mass is 35.5. The van der Waals surface area contributed by atoms with Gasteiger partial charge in [-0.3, -0.25) is 0 Å². The van der Waals surface area contributed by atoms with Gasteiger partial charge in [0.2, 0.25) is 10.0 Å². The molecule has 0 radical (unpaired) electrons. The van der Waals surface area contributed by atoms with Gasteiger partial charge in [0.1, 0.15) is 5.82 Å². The molecule has 0 amide bonds. The molecule has 102 valence electrons. The van der Waals surface area contributed by atoms with E-state index in [0.717, 1.165) is 13.0 Å². The fraction of sp³-hybridized carbons (Fsp3) is 0.455. The van der Waals surface area contributed by atoms with Gasteiger partial charge in [-0.1, -0.05) is 12.1 Å². The number of nitrogens with one attached hydrogen (secondary N) is 2. The molecule has 1 heterocycles. The molecule has 1 saturated heterocycles. The van der Waals surface area contributed by atoms with Crippen molar-refractivity contribution >= 4 is 22.4 Å². The van der Waals surface area contributed by atoms with Crippen LogP contribution in [0.25, 0.3) is 0 Å². The molecule has 1 fully saturated rings. The molecule has 7 heteroatoms. The van der Waals surface area contributed by atoms with Crippen molar-refractivity contribution in [2.24, 2.45) is 0 Å². The summed E-state index contributed by atoms with van der Waals surface area (Å²) in [6, 6.07) is 5.61. The Morgan fingerprint density at radius 3 is 2.83 bits per heavy atom. The van der Waals surface area contributed by atoms with Crippen molar-refractivity contribution in [2.45, 2.75) is 18.2 Å². The Hall–Kier alpha value is -0.690. The highest BCUT2D eigenvalue weighted by Gasteiger charge is 2.21. The fourth-order valence-corrected chi connectivity index (χ4v) is 3.31. The van der Waals surface area contributed by atoms with Crippen LogP contribution in [0.1, 0.15) is 12.0 Å². The molecule has 0 aliphatic carbocycles. The summed E-state index contributed by atoms with van der Waals surface area (Å²) in [6.07, 6.45) is 0.794. The average Bonchev–Trinajstić information content (AvgIpc) is 2.68. The van der Waals surface area contributed by atoms with Crippen LogP contribution in [0.15, 0.2) is 24.3 Å². The number of hydrogen-bond donors (Lipinski definition) is 2. The summed E-state index contributed by atoms with van der Waals surface area (Å²) in [4.78, 5) is 0. The van der Waals surface area contributed by atoms with E-state index in [0.29, 0.717) is 12.1 Å². The summed E-state index contributed by atoms with van der Waals surface area (Å²) in [5.74, 6) is -0.596. The highest BCUT2D eigenvalue weighted by Crippen LogP contribution is 2.09. The van der Waals surface area contributed by atoms with Crippen LogP contribution in [0, 0.1) is 5.82 Å². The third kappa shape index (κ3) is 4.53. The molecule has 0 saturated carbocycles. The Morgan fingerprint density at radius 1 is 1.44 bits per heavy atom. The standard InChI is InChI=1S/C11H15FN2O2S.ClH/c12-10-3-1-2-9(6-10)8-17(15,16)14-11-4-5-13-7-11;/h1-3,6,11,13-14H,4-5,7-8H2;1H. The van der Waals surface area contributed by atoms with Gasteiger partial charge in [0.05, 0.1) is 5.75 Å². The molecule has 4 nitrogen and oxygen atoms in total. The average molecular weight is 295 g/mol. The molecule has 1 atom stereocenters. The van der Waals surface area contributed by atoms with Crippen LogP contribution in [-0.4, -0.2) is 27.5 Å². The van der Waals surface area contributed by atoms with Crippen LogP contribution >= 0.6 is 12.4 Å². The van der Waals surface area contributed by atoms with Gasteiger partial charge in [-0.05, 0) is 30.7 Å². The molecule has 1 unspecified atom stereocenters. The first-order chi connectivity index (χ1) is 8.05. The Kier molecular flexibility index (Phi) is 5.52. The van der Waals surface area contributed by atoms with E-state index in [2.05, 4.69) is 10.0 Å². The van der Waals surface area contributed by atoms with E-state index in [1.807, 2.05) is 0 Å². The van der Waals surface area contributed by atoms with Crippen LogP contribution in [0.2, 0.25) is 0 Å². The van der Waals surface area contributed by atoms with Crippen LogP contribution in [0.4, 0.5) is 4.39 Å². The minimum absolute atomic E-state index is 0. The maximum atomic E-state index is 12.9. The Morgan fingerprint density at radius 2 is 2.22 bits per heavy atom. The van der Waals surface area contributed by atoms with E-state index >= 15 is 0 Å². The molecule has 1 aliphatic rings. The zero-order valence-corrected chi connectivity index (χ0v) is 11.4. The van der Waals surface area contributed by atoms with Gasteiger partial charge in [-0.25, -0.2) is 17.5 Å². The second kappa shape index (κ2) is 6.47. The smallest absolute Gasteiger partial charge is 0.216 e. The van der Waals surface area contributed by atoms with Crippen LogP contribution in [-0.2, 0) is 15.8 Å². The van der Waals surface area contributed by atoms with E-state index in [1.165, 1.54) is 18.2 Å². The van der Waals surface area contributed by atoms with Crippen LogP contribution in [0.3, 0.4) is 0 Å². The zero-order valence-electron chi connectivity index (χ0n) is 9.73. The van der Waals surface area contributed by atoms with E-state index in [9.17, 15) is 12.8 Å². The lowest BCUT2D eigenvalue weighted by Gasteiger charge is -2.11. The van der Waals surface area contributed by atoms with Gasteiger partial charge >= 0.3 is 0 Å². The number of rotatable bonds is 4. The molecule has 2 N–H and O–H groups in total. The lowest BCUT2D eigenvalue weighted by molar-refractivity contribution is 0.559. The SMILES string of the molecule is Cl.O=S(=O)(Cc1cccc(F)c1)NC1CCNC1. The Bertz CT molecular complexity index is 490. The van der Waals surface area contributed by atoms with Crippen molar-refractivity contribution in [1.82, 2.24) is 10.0 Å². The van der Waals surface area contributed by atoms with E-state index < -0.39 is 15.8 Å². The van der Waals surface area contributed by atoms with Crippen molar-refractivity contribution < 1.29 is 12.8 Å². The monoisotopic (exact) mass is 294 g/mol. The van der Waals surface area contributed by atoms with Gasteiger partial charge in [0.15, 0.2) is 0 Å². The third-order valence-corrected chi connectivity index (χ3v) is 4.06. The molecule has 1 aliphatic heterocycles. The second-order valence-electron chi connectivity index (χ2n) is 4.20. The molecule has 2 rings (SSSR count). The van der Waals surface area contributed by atoms with Gasteiger partial charge in [-0.15, -0.1) is 12.4 Å². The lowest BCUT2D eigenvalue weighted by Crippen LogP contribution is -2.36. The summed E-state index contributed by atoms with van der Waals surface area (Å²) >= 11 is 0. The maximum absolute atomic E-state index is 12.9. The normalized spacial score (nSPS) is 19.5. The first-order valence-electron chi connectivity index (χ1n) is 5.50. The fourth-order valence-electron chi connectivity index (χ4n) is 1.90. The summed E-state index contributed by atoms with van der Waals surface area (Å²) in [6.45, 7) is 1.48. The second-order valence-corrected chi connectivity index (χ2v) is 5.95. The summed E-state index contributed by atoms with van der Waals surface area (Å²) in [7, 11) is -3.39. The van der Waals surface area contributed by atoms with Gasteiger partial charge in [-0.2, -0.15) is 0 Å². The van der Waals surface area contributed by atoms with Crippen molar-refractivity contribution in [3.63, 3.8) is 0 Å². The molecule has 0 bridgehead atoms. The van der Waals surface area contributed by atoms with Crippen molar-refractivity contribution in [1.29, 1.82) is 0 Å². The van der Waals surface area contributed by atoms with E-state index in [-0.39, 0.29) is 24.2 Å². The molecular weight excluding hydrogens is 279 g/mol. The number of benzene rings is 1. The van der Waals surface area contributed by atoms with Crippen molar-refractivity contribution in [3.05, 3.63) is 35.6 Å². The molecule has 0 spiro atoms. The third-order valence-electron chi connectivity index (χ3n) is 2.65. The van der Waals surface area contributed by atoms with E-state index in [4.69, 9.17) is 0 Å². The maximum Gasteiger partial charge on any atom is 0.216 e. The van der Waals surface area contributed by atoms with Gasteiger partial charge in [0, 0.05) is 12.6 Å². The first-order valence-corrected chi connectivity index (χ1v) is 7.15. The van der Waals surface area contributed by atoms with E-state index in [1.54, 1.807) is 6.07 Å². The highest BCUT2D eigenvalue weighted by molar-refractivity contribution is 7.88. The minimum Gasteiger partial charge on any atom is -0.315 e. The Balaban J connectivity index is 0.00000162. The quantitative estimate of drug-likeness (QED) is 0.872. The topological polar surface area (TPSA) is 58.2 Å². The number of hydrogen-bond acceptors (Lipinski definition) is 3. The summed E-state index contributed by atoms with van der Waals surface area (Å²) in [5, 5.41) is 3.08. The molecular formula is C11H16ClFN2O2S. The molecule has 1 aromatic carbocycles. The summed E-state index contributed by atoms with van der Waals surface area (Å²) in [5.41, 5.74) is 0.462. The first kappa shape index (κ1) is 15.4. The molecule has 0 aromatic heterocycles. The molecule has 1 aromatic rings. The van der Waals surface area contributed by atoms with Crippen molar-refractivity contribution in [3.8, 4) is 0 Å². The van der Waals surface area contributed by atoms with Crippen LogP contribution < -0.4 is 10.0 Å². The predicted molar refractivity (Wildman–Crippen MR) is 70.7 cm³/mol. The Labute approximate surface area is 112 Å². The van der Waals surface area contributed by atoms with Gasteiger partial charge in [0.25, 0.3) is 0 Å². The number of halogens is 2.